The zero-order chi connectivity index (χ0) is 12.3. The van der Waals surface area contributed by atoms with Gasteiger partial charge in [0.15, 0.2) is 5.69 Å². The molecular formula is C11H12N6. The molecule has 0 radical (unpaired) electrons. The zero-order valence-electron chi connectivity index (χ0n) is 9.31. The maximum Gasteiger partial charge on any atom is 0.165 e. The molecule has 0 aliphatic heterocycles. The Kier molecular flexibility index (Phi) is 2.92. The first-order chi connectivity index (χ1) is 8.20. The average Bonchev–Trinajstić information content (AvgIpc) is 2.85. The number of imidazole rings is 1. The van der Waals surface area contributed by atoms with E-state index in [-0.39, 0.29) is 11.7 Å². The number of nitrogens with two attached hydrogens (primary N) is 1. The molecule has 0 aliphatic rings. The summed E-state index contributed by atoms with van der Waals surface area (Å²) >= 11 is 0. The number of nitrogens with zero attached hydrogens (tertiary/aromatic N) is 3. The quantitative estimate of drug-likeness (QED) is 0.737. The predicted molar refractivity (Wildman–Crippen MR) is 64.0 cm³/mol. The van der Waals surface area contributed by atoms with Gasteiger partial charge in [-0.15, -0.1) is 0 Å². The highest BCUT2D eigenvalue weighted by Gasteiger charge is 2.09. The van der Waals surface area contributed by atoms with E-state index in [0.717, 1.165) is 5.82 Å². The van der Waals surface area contributed by atoms with Crippen LogP contribution in [0.5, 0.6) is 0 Å². The summed E-state index contributed by atoms with van der Waals surface area (Å²) in [6.07, 6.45) is 3.44. The Balaban J connectivity index is 2.17. The average molecular weight is 228 g/mol. The third-order valence-electron chi connectivity index (χ3n) is 2.33. The zero-order valence-corrected chi connectivity index (χ0v) is 9.31. The van der Waals surface area contributed by atoms with Crippen molar-refractivity contribution in [1.82, 2.24) is 15.0 Å². The molecule has 0 bridgehead atoms. The molecule has 1 atom stereocenters. The van der Waals surface area contributed by atoms with Crippen molar-refractivity contribution in [3.05, 3.63) is 36.0 Å². The molecule has 0 amide bonds. The number of nitrogens with one attached hydrogen (secondary N) is 2. The number of anilines is 2. The van der Waals surface area contributed by atoms with Crippen molar-refractivity contribution in [2.24, 2.45) is 0 Å². The van der Waals surface area contributed by atoms with Crippen molar-refractivity contribution in [3.8, 4) is 6.07 Å². The van der Waals surface area contributed by atoms with E-state index < -0.39 is 0 Å². The van der Waals surface area contributed by atoms with Gasteiger partial charge in [0.05, 0.1) is 11.7 Å². The topological polar surface area (TPSA) is 103 Å². The first-order valence-corrected chi connectivity index (χ1v) is 5.13. The van der Waals surface area contributed by atoms with Gasteiger partial charge in [0.2, 0.25) is 0 Å². The third kappa shape index (κ3) is 2.34. The number of hydrogen-bond acceptors (Lipinski definition) is 5. The Morgan fingerprint density at radius 2 is 2.35 bits per heavy atom. The van der Waals surface area contributed by atoms with Gasteiger partial charge in [0.1, 0.15) is 17.7 Å². The molecule has 0 aliphatic carbocycles. The Bertz CT molecular complexity index is 540. The predicted octanol–water partition coefficient (Wildman–Crippen LogP) is 1.43. The fourth-order valence-corrected chi connectivity index (χ4v) is 1.44. The summed E-state index contributed by atoms with van der Waals surface area (Å²) in [7, 11) is 0. The summed E-state index contributed by atoms with van der Waals surface area (Å²) in [5.41, 5.74) is 6.20. The minimum atomic E-state index is -0.0207. The molecule has 86 valence electrons. The van der Waals surface area contributed by atoms with Crippen molar-refractivity contribution in [2.75, 3.05) is 11.1 Å². The van der Waals surface area contributed by atoms with Crippen molar-refractivity contribution < 1.29 is 0 Å². The summed E-state index contributed by atoms with van der Waals surface area (Å²) in [5.74, 6) is 1.40. The van der Waals surface area contributed by atoms with Crippen LogP contribution in [0.2, 0.25) is 0 Å². The molecule has 0 saturated carbocycles. The number of H-pyrrole nitrogens is 1. The van der Waals surface area contributed by atoms with Crippen LogP contribution in [0.4, 0.5) is 11.5 Å². The first-order valence-electron chi connectivity index (χ1n) is 5.13. The number of aromatic nitrogens is 3. The second-order valence-electron chi connectivity index (χ2n) is 3.59. The molecule has 1 unspecified atom stereocenters. The summed E-state index contributed by atoms with van der Waals surface area (Å²) in [4.78, 5) is 11.2. The van der Waals surface area contributed by atoms with E-state index in [0.29, 0.717) is 11.5 Å². The van der Waals surface area contributed by atoms with Crippen LogP contribution in [0, 0.1) is 11.3 Å². The minimum Gasteiger partial charge on any atom is -0.396 e. The van der Waals surface area contributed by atoms with Crippen LogP contribution in [-0.2, 0) is 0 Å². The number of pyridine rings is 1. The van der Waals surface area contributed by atoms with Gasteiger partial charge in [-0.1, -0.05) is 0 Å². The number of nitrogen functional groups attached to an aromatic ring is 1. The molecule has 6 nitrogen and oxygen atoms in total. The van der Waals surface area contributed by atoms with E-state index in [2.05, 4.69) is 20.3 Å². The van der Waals surface area contributed by atoms with E-state index in [1.807, 2.05) is 13.0 Å². The lowest BCUT2D eigenvalue weighted by Crippen LogP contribution is -2.10. The lowest BCUT2D eigenvalue weighted by atomic mass is 10.3. The second-order valence-corrected chi connectivity index (χ2v) is 3.59. The maximum atomic E-state index is 8.82. The molecule has 2 rings (SSSR count). The molecule has 2 aromatic rings. The number of aromatic amines is 1. The number of hydrogen-bond donors (Lipinski definition) is 3. The van der Waals surface area contributed by atoms with Gasteiger partial charge in [0, 0.05) is 12.4 Å². The fourth-order valence-electron chi connectivity index (χ4n) is 1.44. The number of rotatable bonds is 3. The van der Waals surface area contributed by atoms with Gasteiger partial charge < -0.3 is 16.0 Å². The SMILES string of the molecule is CC(Nc1ccc(N)c(C#N)n1)c1ncc[nH]1. The first kappa shape index (κ1) is 11.0. The highest BCUT2D eigenvalue weighted by molar-refractivity contribution is 5.54. The van der Waals surface area contributed by atoms with Crippen LogP contribution in [-0.4, -0.2) is 15.0 Å². The molecule has 17 heavy (non-hydrogen) atoms. The molecule has 4 N–H and O–H groups in total. The third-order valence-corrected chi connectivity index (χ3v) is 2.33. The smallest absolute Gasteiger partial charge is 0.165 e. The van der Waals surface area contributed by atoms with Crippen molar-refractivity contribution in [3.63, 3.8) is 0 Å². The normalized spacial score (nSPS) is 11.8. The van der Waals surface area contributed by atoms with Gasteiger partial charge >= 0.3 is 0 Å². The fraction of sp³-hybridized carbons (Fsp3) is 0.182. The molecule has 0 spiro atoms. The second kappa shape index (κ2) is 4.53. The van der Waals surface area contributed by atoms with Crippen molar-refractivity contribution >= 4 is 11.5 Å². The van der Waals surface area contributed by atoms with E-state index in [1.165, 1.54) is 0 Å². The van der Waals surface area contributed by atoms with Crippen LogP contribution in [0.1, 0.15) is 24.5 Å². The minimum absolute atomic E-state index is 0.0207. The Labute approximate surface area is 98.5 Å². The molecule has 0 aromatic carbocycles. The summed E-state index contributed by atoms with van der Waals surface area (Å²) in [6.45, 7) is 1.95. The van der Waals surface area contributed by atoms with Gasteiger partial charge in [-0.05, 0) is 19.1 Å². The Morgan fingerprint density at radius 3 is 3.00 bits per heavy atom. The van der Waals surface area contributed by atoms with Gasteiger partial charge in [-0.25, -0.2) is 9.97 Å². The molecule has 0 saturated heterocycles. The summed E-state index contributed by atoms with van der Waals surface area (Å²) < 4.78 is 0. The maximum absolute atomic E-state index is 8.82. The summed E-state index contributed by atoms with van der Waals surface area (Å²) in [6, 6.07) is 5.31. The van der Waals surface area contributed by atoms with Crippen LogP contribution >= 0.6 is 0 Å². The molecular weight excluding hydrogens is 216 g/mol. The molecule has 6 heteroatoms. The van der Waals surface area contributed by atoms with E-state index >= 15 is 0 Å². The largest absolute Gasteiger partial charge is 0.396 e. The van der Waals surface area contributed by atoms with Crippen molar-refractivity contribution in [2.45, 2.75) is 13.0 Å². The molecule has 2 aromatic heterocycles. The Hall–Kier alpha value is -2.55. The van der Waals surface area contributed by atoms with Gasteiger partial charge in [-0.3, -0.25) is 0 Å². The van der Waals surface area contributed by atoms with E-state index in [9.17, 15) is 0 Å². The lowest BCUT2D eigenvalue weighted by molar-refractivity contribution is 0.803. The Morgan fingerprint density at radius 1 is 1.53 bits per heavy atom. The molecule has 2 heterocycles. The van der Waals surface area contributed by atoms with Gasteiger partial charge in [0.25, 0.3) is 0 Å². The van der Waals surface area contributed by atoms with E-state index in [4.69, 9.17) is 11.0 Å². The van der Waals surface area contributed by atoms with Gasteiger partial charge in [-0.2, -0.15) is 5.26 Å². The number of nitriles is 1. The van der Waals surface area contributed by atoms with Crippen LogP contribution in [0.3, 0.4) is 0 Å². The van der Waals surface area contributed by atoms with Crippen LogP contribution in [0.25, 0.3) is 0 Å². The lowest BCUT2D eigenvalue weighted by Gasteiger charge is -2.12. The van der Waals surface area contributed by atoms with Crippen molar-refractivity contribution in [1.29, 1.82) is 5.26 Å². The monoisotopic (exact) mass is 228 g/mol. The summed E-state index contributed by atoms with van der Waals surface area (Å²) in [5, 5.41) is 12.0. The van der Waals surface area contributed by atoms with E-state index in [1.54, 1.807) is 24.5 Å². The van der Waals surface area contributed by atoms with Crippen LogP contribution < -0.4 is 11.1 Å². The highest BCUT2D eigenvalue weighted by atomic mass is 15.1. The van der Waals surface area contributed by atoms with Crippen LogP contribution in [0.15, 0.2) is 24.5 Å². The highest BCUT2D eigenvalue weighted by Crippen LogP contribution is 2.17. The molecule has 0 fully saturated rings. The standard InChI is InChI=1S/C11H12N6/c1-7(11-14-4-5-15-11)16-10-3-2-8(13)9(6-12)17-10/h2-5,7H,13H2,1H3,(H,14,15)(H,16,17).